The summed E-state index contributed by atoms with van der Waals surface area (Å²) in [4.78, 5) is 11.4. The van der Waals surface area contributed by atoms with Gasteiger partial charge in [-0.05, 0) is 42.1 Å². The number of benzene rings is 1. The van der Waals surface area contributed by atoms with Crippen molar-refractivity contribution in [2.75, 3.05) is 0 Å². The largest absolute Gasteiger partial charge is 0.478 e. The summed E-state index contributed by atoms with van der Waals surface area (Å²) in [5, 5.41) is 17.4. The maximum Gasteiger partial charge on any atom is 0.339 e. The Balaban J connectivity index is 2.17. The summed E-state index contributed by atoms with van der Waals surface area (Å²) in [6.07, 6.45) is 1.45. The van der Waals surface area contributed by atoms with Gasteiger partial charge in [0.1, 0.15) is 17.1 Å². The van der Waals surface area contributed by atoms with Gasteiger partial charge in [0.25, 0.3) is 0 Å². The van der Waals surface area contributed by atoms with Crippen molar-refractivity contribution < 1.29 is 14.3 Å². The van der Waals surface area contributed by atoms with Crippen LogP contribution >= 0.6 is 11.3 Å². The van der Waals surface area contributed by atoms with Crippen molar-refractivity contribution >= 4 is 17.3 Å². The maximum atomic E-state index is 13.2. The molecule has 0 saturated carbocycles. The Kier molecular flexibility index (Phi) is 3.31. The van der Waals surface area contributed by atoms with Crippen molar-refractivity contribution in [2.45, 2.75) is 6.92 Å². The Morgan fingerprint density at radius 1 is 1.38 bits per heavy atom. The van der Waals surface area contributed by atoms with Crippen LogP contribution in [-0.4, -0.2) is 20.9 Å². The van der Waals surface area contributed by atoms with Gasteiger partial charge in [0.2, 0.25) is 0 Å². The van der Waals surface area contributed by atoms with Crippen LogP contribution in [0.2, 0.25) is 0 Å². The van der Waals surface area contributed by atoms with Gasteiger partial charge >= 0.3 is 5.97 Å². The summed E-state index contributed by atoms with van der Waals surface area (Å²) in [5.74, 6) is -1.37. The number of hydrogen-bond acceptors (Lipinski definition) is 3. The molecule has 0 saturated heterocycles. The van der Waals surface area contributed by atoms with E-state index in [1.807, 2.05) is 16.8 Å². The summed E-state index contributed by atoms with van der Waals surface area (Å²) in [6, 6.07) is 6.12. The van der Waals surface area contributed by atoms with E-state index in [-0.39, 0.29) is 11.4 Å². The predicted molar refractivity (Wildman–Crippen MR) is 78.5 cm³/mol. The molecule has 2 heterocycles. The summed E-state index contributed by atoms with van der Waals surface area (Å²) in [7, 11) is 0. The Morgan fingerprint density at radius 3 is 2.81 bits per heavy atom. The van der Waals surface area contributed by atoms with Crippen molar-refractivity contribution in [2.24, 2.45) is 0 Å². The second-order valence-electron chi connectivity index (χ2n) is 4.58. The number of rotatable bonds is 3. The molecule has 3 aromatic rings. The van der Waals surface area contributed by atoms with E-state index in [1.165, 1.54) is 34.3 Å². The standard InChI is InChI=1S/C15H11FN2O2S/c1-9-6-11(16)2-3-13(9)18-7-12(15(19)20)14(17-18)10-4-5-21-8-10/h2-8H,1H3,(H,19,20). The van der Waals surface area contributed by atoms with E-state index < -0.39 is 5.97 Å². The molecule has 0 fully saturated rings. The van der Waals surface area contributed by atoms with E-state index in [0.717, 1.165) is 5.56 Å². The number of carboxylic acid groups (broad SMARTS) is 1. The second-order valence-corrected chi connectivity index (χ2v) is 5.36. The van der Waals surface area contributed by atoms with Crippen LogP contribution in [0.5, 0.6) is 0 Å². The van der Waals surface area contributed by atoms with Crippen LogP contribution in [0.3, 0.4) is 0 Å². The van der Waals surface area contributed by atoms with Gasteiger partial charge in [0, 0.05) is 17.1 Å². The van der Waals surface area contributed by atoms with Crippen molar-refractivity contribution in [3.8, 4) is 16.9 Å². The number of aromatic carboxylic acids is 1. The number of carbonyl (C=O) groups is 1. The molecule has 0 radical (unpaired) electrons. The van der Waals surface area contributed by atoms with Crippen LogP contribution in [0.1, 0.15) is 15.9 Å². The lowest BCUT2D eigenvalue weighted by atomic mass is 10.1. The number of hydrogen-bond donors (Lipinski definition) is 1. The van der Waals surface area contributed by atoms with Gasteiger partial charge in [0.05, 0.1) is 5.69 Å². The molecule has 3 rings (SSSR count). The van der Waals surface area contributed by atoms with Gasteiger partial charge in [-0.15, -0.1) is 0 Å². The first-order chi connectivity index (χ1) is 10.1. The van der Waals surface area contributed by atoms with E-state index in [4.69, 9.17) is 0 Å². The lowest BCUT2D eigenvalue weighted by Crippen LogP contribution is -1.98. The number of thiophene rings is 1. The van der Waals surface area contributed by atoms with Gasteiger partial charge in [0.15, 0.2) is 0 Å². The molecule has 0 spiro atoms. The minimum Gasteiger partial charge on any atom is -0.478 e. The third-order valence-corrected chi connectivity index (χ3v) is 3.83. The molecule has 0 aliphatic heterocycles. The lowest BCUT2D eigenvalue weighted by molar-refractivity contribution is 0.0697. The van der Waals surface area contributed by atoms with Gasteiger partial charge in [-0.25, -0.2) is 13.9 Å². The Hall–Kier alpha value is -2.47. The van der Waals surface area contributed by atoms with E-state index in [2.05, 4.69) is 5.10 Å². The normalized spacial score (nSPS) is 10.8. The summed E-state index contributed by atoms with van der Waals surface area (Å²) in [6.45, 7) is 1.75. The zero-order valence-corrected chi connectivity index (χ0v) is 11.9. The minimum absolute atomic E-state index is 0.122. The van der Waals surface area contributed by atoms with Crippen molar-refractivity contribution in [1.29, 1.82) is 0 Å². The average Bonchev–Trinajstić information content (AvgIpc) is 3.07. The molecular weight excluding hydrogens is 291 g/mol. The summed E-state index contributed by atoms with van der Waals surface area (Å²) < 4.78 is 14.7. The van der Waals surface area contributed by atoms with Gasteiger partial charge in [-0.3, -0.25) is 0 Å². The first-order valence-electron chi connectivity index (χ1n) is 6.18. The number of aromatic nitrogens is 2. The summed E-state index contributed by atoms with van der Waals surface area (Å²) in [5.41, 5.74) is 2.63. The highest BCUT2D eigenvalue weighted by atomic mass is 32.1. The fourth-order valence-corrected chi connectivity index (χ4v) is 2.78. The Labute approximate surface area is 124 Å². The molecule has 106 valence electrons. The molecule has 0 atom stereocenters. The second kappa shape index (κ2) is 5.14. The number of nitrogens with zero attached hydrogens (tertiary/aromatic N) is 2. The van der Waals surface area contributed by atoms with Crippen LogP contribution in [-0.2, 0) is 0 Å². The van der Waals surface area contributed by atoms with Crippen molar-refractivity contribution in [3.63, 3.8) is 0 Å². The van der Waals surface area contributed by atoms with Crippen LogP contribution in [0.4, 0.5) is 4.39 Å². The maximum absolute atomic E-state index is 13.2. The summed E-state index contributed by atoms with van der Waals surface area (Å²) >= 11 is 1.47. The molecular formula is C15H11FN2O2S. The SMILES string of the molecule is Cc1cc(F)ccc1-n1cc(C(=O)O)c(-c2ccsc2)n1. The highest BCUT2D eigenvalue weighted by molar-refractivity contribution is 7.08. The fraction of sp³-hybridized carbons (Fsp3) is 0.0667. The molecule has 0 aliphatic rings. The van der Waals surface area contributed by atoms with Crippen LogP contribution in [0, 0.1) is 12.7 Å². The van der Waals surface area contributed by atoms with Gasteiger partial charge < -0.3 is 5.11 Å². The van der Waals surface area contributed by atoms with E-state index >= 15 is 0 Å². The third kappa shape index (κ3) is 2.45. The van der Waals surface area contributed by atoms with Crippen LogP contribution in [0.25, 0.3) is 16.9 Å². The molecule has 4 nitrogen and oxygen atoms in total. The molecule has 2 aromatic heterocycles. The van der Waals surface area contributed by atoms with Crippen molar-refractivity contribution in [3.05, 3.63) is 58.2 Å². The van der Waals surface area contributed by atoms with Crippen LogP contribution < -0.4 is 0 Å². The highest BCUT2D eigenvalue weighted by Gasteiger charge is 2.18. The van der Waals surface area contributed by atoms with Crippen LogP contribution in [0.15, 0.2) is 41.2 Å². The smallest absolute Gasteiger partial charge is 0.339 e. The van der Waals surface area contributed by atoms with Gasteiger partial charge in [-0.1, -0.05) is 0 Å². The fourth-order valence-electron chi connectivity index (χ4n) is 2.14. The molecule has 0 amide bonds. The van der Waals surface area contributed by atoms with Crippen molar-refractivity contribution in [1.82, 2.24) is 9.78 Å². The Morgan fingerprint density at radius 2 is 2.19 bits per heavy atom. The first kappa shape index (κ1) is 13.5. The molecule has 6 heteroatoms. The molecule has 0 bridgehead atoms. The molecule has 1 aromatic carbocycles. The average molecular weight is 302 g/mol. The lowest BCUT2D eigenvalue weighted by Gasteiger charge is -2.05. The van der Waals surface area contributed by atoms with E-state index in [9.17, 15) is 14.3 Å². The minimum atomic E-state index is -1.04. The number of halogens is 1. The predicted octanol–water partition coefficient (Wildman–Crippen LogP) is 3.75. The number of carboxylic acids is 1. The molecule has 1 N–H and O–H groups in total. The van der Waals surface area contributed by atoms with E-state index in [0.29, 0.717) is 16.9 Å². The zero-order valence-electron chi connectivity index (χ0n) is 11.1. The quantitative estimate of drug-likeness (QED) is 0.801. The zero-order chi connectivity index (χ0) is 15.0. The van der Waals surface area contributed by atoms with E-state index in [1.54, 1.807) is 13.0 Å². The monoisotopic (exact) mass is 302 g/mol. The molecule has 0 aliphatic carbocycles. The Bertz CT molecular complexity index is 809. The molecule has 21 heavy (non-hydrogen) atoms. The first-order valence-corrected chi connectivity index (χ1v) is 7.12. The van der Waals surface area contributed by atoms with Gasteiger partial charge in [-0.2, -0.15) is 16.4 Å². The highest BCUT2D eigenvalue weighted by Crippen LogP contribution is 2.26. The molecule has 0 unspecified atom stereocenters. The topological polar surface area (TPSA) is 55.1 Å². The number of aryl methyl sites for hydroxylation is 1. The third-order valence-electron chi connectivity index (χ3n) is 3.14.